The fourth-order valence-corrected chi connectivity index (χ4v) is 3.72. The van der Waals surface area contributed by atoms with Crippen molar-refractivity contribution >= 4 is 28.1 Å². The van der Waals surface area contributed by atoms with Gasteiger partial charge >= 0.3 is 0 Å². The number of phenols is 1. The standard InChI is InChI=1S/C25H21BrN4O2/c26-21-11-12-22(31)20(15-21)16-28-29-23(32)13-14-30-17-27-24(18-7-3-1-4-8-18)25(30)19-9-5-2-6-10-19/h1-12,15-17,31H,13-14H2,(H,29,32)/b28-16+. The highest BCUT2D eigenvalue weighted by Gasteiger charge is 2.15. The second-order valence-electron chi connectivity index (χ2n) is 7.11. The molecule has 160 valence electrons. The number of aromatic hydroxyl groups is 1. The normalized spacial score (nSPS) is 11.0. The van der Waals surface area contributed by atoms with Crippen LogP contribution in [-0.4, -0.2) is 26.8 Å². The SMILES string of the molecule is O=C(CCn1cnc(-c2ccccc2)c1-c1ccccc1)N/N=C/c1cc(Br)ccc1O. The number of hydrogen-bond acceptors (Lipinski definition) is 4. The number of amides is 1. The van der Waals surface area contributed by atoms with Gasteiger partial charge in [0.05, 0.1) is 23.9 Å². The Labute approximate surface area is 194 Å². The van der Waals surface area contributed by atoms with Crippen LogP contribution in [0.2, 0.25) is 0 Å². The first-order valence-corrected chi connectivity index (χ1v) is 10.9. The van der Waals surface area contributed by atoms with Crippen molar-refractivity contribution in [1.82, 2.24) is 15.0 Å². The fraction of sp³-hybridized carbons (Fsp3) is 0.0800. The number of phenolic OH excluding ortho intramolecular Hbond substituents is 1. The summed E-state index contributed by atoms with van der Waals surface area (Å²) in [6, 6.07) is 25.0. The zero-order valence-electron chi connectivity index (χ0n) is 17.1. The largest absolute Gasteiger partial charge is 0.507 e. The van der Waals surface area contributed by atoms with Gasteiger partial charge < -0.3 is 9.67 Å². The van der Waals surface area contributed by atoms with E-state index < -0.39 is 0 Å². The number of benzene rings is 3. The molecule has 4 rings (SSSR count). The van der Waals surface area contributed by atoms with Gasteiger partial charge in [-0.15, -0.1) is 0 Å². The van der Waals surface area contributed by atoms with Crippen LogP contribution in [0.15, 0.2) is 94.8 Å². The van der Waals surface area contributed by atoms with E-state index in [4.69, 9.17) is 0 Å². The van der Waals surface area contributed by atoms with E-state index in [1.54, 1.807) is 24.5 Å². The van der Waals surface area contributed by atoms with Crippen molar-refractivity contribution in [3.63, 3.8) is 0 Å². The van der Waals surface area contributed by atoms with Crippen LogP contribution in [0, 0.1) is 0 Å². The molecule has 32 heavy (non-hydrogen) atoms. The predicted molar refractivity (Wildman–Crippen MR) is 129 cm³/mol. The van der Waals surface area contributed by atoms with Crippen LogP contribution in [0.5, 0.6) is 5.75 Å². The lowest BCUT2D eigenvalue weighted by Crippen LogP contribution is -2.19. The maximum Gasteiger partial charge on any atom is 0.241 e. The summed E-state index contributed by atoms with van der Waals surface area (Å²) in [6.45, 7) is 0.452. The first-order valence-electron chi connectivity index (χ1n) is 10.1. The fourth-order valence-electron chi connectivity index (χ4n) is 3.34. The predicted octanol–water partition coefficient (Wildman–Crippen LogP) is 5.23. The number of imidazole rings is 1. The van der Waals surface area contributed by atoms with E-state index >= 15 is 0 Å². The van der Waals surface area contributed by atoms with E-state index in [1.807, 2.05) is 65.2 Å². The van der Waals surface area contributed by atoms with Gasteiger partial charge in [-0.05, 0) is 18.2 Å². The van der Waals surface area contributed by atoms with Crippen LogP contribution in [0.25, 0.3) is 22.5 Å². The molecule has 1 aromatic heterocycles. The summed E-state index contributed by atoms with van der Waals surface area (Å²) in [5.41, 5.74) is 6.92. The van der Waals surface area contributed by atoms with Gasteiger partial charge in [0.1, 0.15) is 5.75 Å². The molecular formula is C25H21BrN4O2. The molecule has 0 radical (unpaired) electrons. The molecule has 0 fully saturated rings. The van der Waals surface area contributed by atoms with E-state index in [2.05, 4.69) is 31.4 Å². The zero-order chi connectivity index (χ0) is 22.3. The minimum Gasteiger partial charge on any atom is -0.507 e. The van der Waals surface area contributed by atoms with Crippen molar-refractivity contribution < 1.29 is 9.90 Å². The molecule has 1 amide bonds. The van der Waals surface area contributed by atoms with Crippen molar-refractivity contribution in [2.75, 3.05) is 0 Å². The molecule has 0 aliphatic heterocycles. The Hall–Kier alpha value is -3.71. The smallest absolute Gasteiger partial charge is 0.241 e. The number of rotatable bonds is 7. The number of hydrogen-bond donors (Lipinski definition) is 2. The molecule has 0 aliphatic rings. The van der Waals surface area contributed by atoms with Crippen LogP contribution in [0.1, 0.15) is 12.0 Å². The van der Waals surface area contributed by atoms with E-state index in [9.17, 15) is 9.90 Å². The molecule has 3 aromatic carbocycles. The third-order valence-corrected chi connectivity index (χ3v) is 5.39. The van der Waals surface area contributed by atoms with E-state index in [0.717, 1.165) is 27.0 Å². The Morgan fingerprint density at radius 2 is 1.72 bits per heavy atom. The van der Waals surface area contributed by atoms with Gasteiger partial charge in [0.2, 0.25) is 5.91 Å². The van der Waals surface area contributed by atoms with Crippen molar-refractivity contribution in [1.29, 1.82) is 0 Å². The molecule has 0 bridgehead atoms. The quantitative estimate of drug-likeness (QED) is 0.276. The Morgan fingerprint density at radius 1 is 1.03 bits per heavy atom. The first kappa shape index (κ1) is 21.5. The number of nitrogens with one attached hydrogen (secondary N) is 1. The van der Waals surface area contributed by atoms with Crippen LogP contribution in [0.3, 0.4) is 0 Å². The average molecular weight is 489 g/mol. The molecule has 2 N–H and O–H groups in total. The van der Waals surface area contributed by atoms with Gasteiger partial charge in [-0.1, -0.05) is 76.6 Å². The van der Waals surface area contributed by atoms with Crippen LogP contribution in [-0.2, 0) is 11.3 Å². The Morgan fingerprint density at radius 3 is 2.44 bits per heavy atom. The van der Waals surface area contributed by atoms with E-state index in [1.165, 1.54) is 6.21 Å². The van der Waals surface area contributed by atoms with Crippen molar-refractivity contribution in [3.8, 4) is 28.3 Å². The first-order chi connectivity index (χ1) is 15.6. The highest BCUT2D eigenvalue weighted by Crippen LogP contribution is 2.31. The Bertz CT molecular complexity index is 1240. The van der Waals surface area contributed by atoms with Crippen molar-refractivity contribution in [2.24, 2.45) is 5.10 Å². The Kier molecular flexibility index (Phi) is 6.77. The maximum absolute atomic E-state index is 12.4. The second-order valence-corrected chi connectivity index (χ2v) is 8.03. The lowest BCUT2D eigenvalue weighted by atomic mass is 10.0. The van der Waals surface area contributed by atoms with Crippen molar-refractivity contribution in [3.05, 3.63) is 95.2 Å². The highest BCUT2D eigenvalue weighted by molar-refractivity contribution is 9.10. The van der Waals surface area contributed by atoms with Crippen LogP contribution < -0.4 is 5.43 Å². The molecule has 1 heterocycles. The summed E-state index contributed by atoms with van der Waals surface area (Å²) in [5, 5.41) is 13.8. The number of carbonyl (C=O) groups excluding carboxylic acids is 1. The lowest BCUT2D eigenvalue weighted by Gasteiger charge is -2.10. The van der Waals surface area contributed by atoms with Crippen LogP contribution in [0.4, 0.5) is 0 Å². The molecule has 0 saturated carbocycles. The lowest BCUT2D eigenvalue weighted by molar-refractivity contribution is -0.121. The van der Waals surface area contributed by atoms with E-state index in [0.29, 0.717) is 12.1 Å². The molecule has 7 heteroatoms. The minimum absolute atomic E-state index is 0.0885. The average Bonchev–Trinajstić information content (AvgIpc) is 3.25. The number of aromatic nitrogens is 2. The van der Waals surface area contributed by atoms with Gasteiger partial charge in [0.25, 0.3) is 0 Å². The van der Waals surface area contributed by atoms with Crippen LogP contribution >= 0.6 is 15.9 Å². The van der Waals surface area contributed by atoms with E-state index in [-0.39, 0.29) is 18.1 Å². The number of hydrazone groups is 1. The third-order valence-electron chi connectivity index (χ3n) is 4.89. The number of nitrogens with zero attached hydrogens (tertiary/aromatic N) is 3. The monoisotopic (exact) mass is 488 g/mol. The summed E-state index contributed by atoms with van der Waals surface area (Å²) in [7, 11) is 0. The molecule has 0 atom stereocenters. The topological polar surface area (TPSA) is 79.5 Å². The summed E-state index contributed by atoms with van der Waals surface area (Å²) in [6.07, 6.45) is 3.41. The number of aryl methyl sites for hydroxylation is 1. The van der Waals surface area contributed by atoms with Gasteiger partial charge in [-0.25, -0.2) is 10.4 Å². The molecule has 4 aromatic rings. The third kappa shape index (κ3) is 5.12. The number of carbonyl (C=O) groups is 1. The second kappa shape index (κ2) is 10.1. The van der Waals surface area contributed by atoms with Crippen molar-refractivity contribution in [2.45, 2.75) is 13.0 Å². The number of halogens is 1. The molecular weight excluding hydrogens is 468 g/mol. The molecule has 0 aliphatic carbocycles. The summed E-state index contributed by atoms with van der Waals surface area (Å²) in [4.78, 5) is 17.0. The summed E-state index contributed by atoms with van der Waals surface area (Å²) in [5.74, 6) is -0.143. The molecule has 0 spiro atoms. The molecule has 6 nitrogen and oxygen atoms in total. The maximum atomic E-state index is 12.4. The van der Waals surface area contributed by atoms with Gasteiger partial charge in [-0.2, -0.15) is 5.10 Å². The molecule has 0 saturated heterocycles. The summed E-state index contributed by atoms with van der Waals surface area (Å²) < 4.78 is 2.80. The molecule has 0 unspecified atom stereocenters. The van der Waals surface area contributed by atoms with Gasteiger partial charge in [0, 0.05) is 34.1 Å². The van der Waals surface area contributed by atoms with Gasteiger partial charge in [-0.3, -0.25) is 4.79 Å². The Balaban J connectivity index is 1.48. The van der Waals surface area contributed by atoms with Gasteiger partial charge in [0.15, 0.2) is 0 Å². The zero-order valence-corrected chi connectivity index (χ0v) is 18.7. The summed E-state index contributed by atoms with van der Waals surface area (Å²) >= 11 is 3.34. The highest BCUT2D eigenvalue weighted by atomic mass is 79.9. The minimum atomic E-state index is -0.232.